The second-order valence-corrected chi connectivity index (χ2v) is 8.72. The van der Waals surface area contributed by atoms with E-state index < -0.39 is 0 Å². The number of nitrogens with one attached hydrogen (secondary N) is 1. The Morgan fingerprint density at radius 1 is 1.17 bits per heavy atom. The van der Waals surface area contributed by atoms with Gasteiger partial charge in [-0.1, -0.05) is 6.07 Å². The first-order valence-corrected chi connectivity index (χ1v) is 10.8. The number of morpholine rings is 1. The maximum Gasteiger partial charge on any atom is 0.223 e. The molecule has 1 aromatic carbocycles. The van der Waals surface area contributed by atoms with Crippen molar-refractivity contribution >= 4 is 11.6 Å². The number of hydrogen-bond acceptors (Lipinski definition) is 4. The summed E-state index contributed by atoms with van der Waals surface area (Å²) in [6.07, 6.45) is 1.92. The molecule has 160 valence electrons. The number of carbonyl (C=O) groups is 1. The normalized spacial score (nSPS) is 21.6. The van der Waals surface area contributed by atoms with Crippen molar-refractivity contribution in [3.8, 4) is 11.1 Å². The molecule has 6 heteroatoms. The molecule has 1 aromatic heterocycles. The van der Waals surface area contributed by atoms with E-state index in [0.29, 0.717) is 24.3 Å². The molecule has 1 aliphatic heterocycles. The Labute approximate surface area is 177 Å². The molecule has 1 amide bonds. The van der Waals surface area contributed by atoms with Crippen molar-refractivity contribution in [1.82, 2.24) is 10.3 Å². The highest BCUT2D eigenvalue weighted by atomic mass is 19.1. The molecule has 2 aliphatic rings. The first-order chi connectivity index (χ1) is 14.3. The molecule has 5 nitrogen and oxygen atoms in total. The van der Waals surface area contributed by atoms with E-state index in [4.69, 9.17) is 4.74 Å². The van der Waals surface area contributed by atoms with Crippen LogP contribution >= 0.6 is 0 Å². The van der Waals surface area contributed by atoms with Crippen LogP contribution < -0.4 is 10.2 Å². The average molecular weight is 412 g/mol. The van der Waals surface area contributed by atoms with Crippen molar-refractivity contribution in [2.24, 2.45) is 5.92 Å². The van der Waals surface area contributed by atoms with Gasteiger partial charge in [0.05, 0.1) is 17.9 Å². The van der Waals surface area contributed by atoms with Crippen molar-refractivity contribution in [3.63, 3.8) is 0 Å². The molecule has 4 rings (SSSR count). The van der Waals surface area contributed by atoms with Crippen molar-refractivity contribution in [1.29, 1.82) is 0 Å². The van der Waals surface area contributed by atoms with Crippen LogP contribution in [0.25, 0.3) is 11.1 Å². The molecule has 1 saturated carbocycles. The summed E-state index contributed by atoms with van der Waals surface area (Å²) in [6.45, 7) is 9.35. The standard InChI is InChI=1S/C24H30FN3O2/c1-14-9-19(10-15(2)27-14)20-7-8-22(28-12-16(3)30-17(4)13-28)23(25)21(20)11-26-24(29)18-5-6-18/h7-10,16-18H,5-6,11-13H2,1-4H3,(H,26,29)/t16-,17+. The monoisotopic (exact) mass is 411 g/mol. The number of ether oxygens (including phenoxy) is 1. The molecule has 1 N–H and O–H groups in total. The Bertz CT molecular complexity index is 927. The van der Waals surface area contributed by atoms with E-state index in [2.05, 4.69) is 10.3 Å². The summed E-state index contributed by atoms with van der Waals surface area (Å²) < 4.78 is 21.7. The summed E-state index contributed by atoms with van der Waals surface area (Å²) in [5.74, 6) is -0.162. The Morgan fingerprint density at radius 3 is 2.40 bits per heavy atom. The van der Waals surface area contributed by atoms with Gasteiger partial charge >= 0.3 is 0 Å². The first kappa shape index (κ1) is 20.8. The quantitative estimate of drug-likeness (QED) is 0.803. The third-order valence-corrected chi connectivity index (χ3v) is 5.76. The van der Waals surface area contributed by atoms with Crippen molar-refractivity contribution in [3.05, 3.63) is 47.0 Å². The Morgan fingerprint density at radius 2 is 1.80 bits per heavy atom. The maximum atomic E-state index is 15.9. The van der Waals surface area contributed by atoms with E-state index in [-0.39, 0.29) is 36.4 Å². The predicted octanol–water partition coefficient (Wildman–Crippen LogP) is 4.14. The van der Waals surface area contributed by atoms with Crippen LogP contribution in [0.15, 0.2) is 24.3 Å². The highest BCUT2D eigenvalue weighted by Crippen LogP contribution is 2.34. The number of pyridine rings is 1. The van der Waals surface area contributed by atoms with E-state index in [0.717, 1.165) is 35.4 Å². The minimum absolute atomic E-state index is 0.0152. The van der Waals surface area contributed by atoms with Crippen LogP contribution in [0.4, 0.5) is 10.1 Å². The number of aromatic nitrogens is 1. The van der Waals surface area contributed by atoms with Gasteiger partial charge in [0.1, 0.15) is 0 Å². The molecule has 0 spiro atoms. The fourth-order valence-electron chi connectivity index (χ4n) is 4.33. The molecule has 1 aliphatic carbocycles. The molecule has 2 heterocycles. The molecule has 30 heavy (non-hydrogen) atoms. The molecule has 2 fully saturated rings. The number of carbonyl (C=O) groups excluding carboxylic acids is 1. The highest BCUT2D eigenvalue weighted by molar-refractivity contribution is 5.81. The number of amides is 1. The maximum absolute atomic E-state index is 15.9. The Kier molecular flexibility index (Phi) is 5.78. The molecule has 1 saturated heterocycles. The second-order valence-electron chi connectivity index (χ2n) is 8.72. The van der Waals surface area contributed by atoms with E-state index >= 15 is 4.39 Å². The number of hydrogen-bond donors (Lipinski definition) is 1. The lowest BCUT2D eigenvalue weighted by atomic mass is 9.97. The van der Waals surface area contributed by atoms with Gasteiger partial charge in [0.2, 0.25) is 5.91 Å². The van der Waals surface area contributed by atoms with Crippen molar-refractivity contribution < 1.29 is 13.9 Å². The lowest BCUT2D eigenvalue weighted by molar-refractivity contribution is -0.122. The minimum Gasteiger partial charge on any atom is -0.372 e. The number of anilines is 1. The van der Waals surface area contributed by atoms with Gasteiger partial charge in [-0.05, 0) is 69.9 Å². The van der Waals surface area contributed by atoms with Crippen molar-refractivity contribution in [2.75, 3.05) is 18.0 Å². The second kappa shape index (κ2) is 8.34. The Balaban J connectivity index is 1.73. The molecule has 0 unspecified atom stereocenters. The summed E-state index contributed by atoms with van der Waals surface area (Å²) in [5.41, 5.74) is 4.59. The summed E-state index contributed by atoms with van der Waals surface area (Å²) in [4.78, 5) is 18.7. The number of aryl methyl sites for hydroxylation is 2. The lowest BCUT2D eigenvalue weighted by Gasteiger charge is -2.37. The predicted molar refractivity (Wildman–Crippen MR) is 116 cm³/mol. The molecule has 0 radical (unpaired) electrons. The molecular formula is C24H30FN3O2. The fraction of sp³-hybridized carbons (Fsp3) is 0.500. The highest BCUT2D eigenvalue weighted by Gasteiger charge is 2.30. The number of rotatable bonds is 5. The van der Waals surface area contributed by atoms with E-state index in [1.165, 1.54) is 0 Å². The Hall–Kier alpha value is -2.47. The van der Waals surface area contributed by atoms with Gasteiger partial charge in [0.25, 0.3) is 0 Å². The number of halogens is 1. The van der Waals surface area contributed by atoms with Crippen LogP contribution in [-0.4, -0.2) is 36.2 Å². The molecular weight excluding hydrogens is 381 g/mol. The number of benzene rings is 1. The lowest BCUT2D eigenvalue weighted by Crippen LogP contribution is -2.46. The van der Waals surface area contributed by atoms with E-state index in [1.807, 2.05) is 56.9 Å². The van der Waals surface area contributed by atoms with Crippen molar-refractivity contribution in [2.45, 2.75) is 59.3 Å². The topological polar surface area (TPSA) is 54.5 Å². The molecule has 0 bridgehead atoms. The first-order valence-electron chi connectivity index (χ1n) is 10.8. The smallest absolute Gasteiger partial charge is 0.223 e. The summed E-state index contributed by atoms with van der Waals surface area (Å²) in [6, 6.07) is 7.75. The zero-order valence-corrected chi connectivity index (χ0v) is 18.2. The van der Waals surface area contributed by atoms with Crippen LogP contribution in [0, 0.1) is 25.6 Å². The average Bonchev–Trinajstić information content (AvgIpc) is 3.50. The third-order valence-electron chi connectivity index (χ3n) is 5.76. The van der Waals surface area contributed by atoms with Gasteiger partial charge in [0.15, 0.2) is 5.82 Å². The number of nitrogens with zero attached hydrogens (tertiary/aromatic N) is 2. The summed E-state index contributed by atoms with van der Waals surface area (Å²) >= 11 is 0. The summed E-state index contributed by atoms with van der Waals surface area (Å²) in [7, 11) is 0. The van der Waals surface area contributed by atoms with Gasteiger partial charge in [-0.25, -0.2) is 4.39 Å². The van der Waals surface area contributed by atoms with Gasteiger partial charge in [-0.3, -0.25) is 9.78 Å². The van der Waals surface area contributed by atoms with Gasteiger partial charge < -0.3 is 15.0 Å². The minimum atomic E-state index is -0.267. The van der Waals surface area contributed by atoms with Gasteiger partial charge in [0, 0.05) is 42.5 Å². The van der Waals surface area contributed by atoms with Crippen LogP contribution in [0.3, 0.4) is 0 Å². The molecule has 2 atom stereocenters. The summed E-state index contributed by atoms with van der Waals surface area (Å²) in [5, 5.41) is 2.95. The SMILES string of the molecule is Cc1cc(-c2ccc(N3C[C@@H](C)O[C@@H](C)C3)c(F)c2CNC(=O)C2CC2)cc(C)n1. The molecule has 2 aromatic rings. The third kappa shape index (κ3) is 4.48. The van der Waals surface area contributed by atoms with Crippen LogP contribution in [0.1, 0.15) is 43.6 Å². The zero-order valence-electron chi connectivity index (χ0n) is 18.2. The zero-order chi connectivity index (χ0) is 21.4. The van der Waals surface area contributed by atoms with Gasteiger partial charge in [-0.15, -0.1) is 0 Å². The largest absolute Gasteiger partial charge is 0.372 e. The van der Waals surface area contributed by atoms with Crippen LogP contribution in [0.5, 0.6) is 0 Å². The van der Waals surface area contributed by atoms with E-state index in [1.54, 1.807) is 0 Å². The fourth-order valence-corrected chi connectivity index (χ4v) is 4.33. The van der Waals surface area contributed by atoms with Crippen LogP contribution in [0.2, 0.25) is 0 Å². The van der Waals surface area contributed by atoms with Crippen LogP contribution in [-0.2, 0) is 16.1 Å². The van der Waals surface area contributed by atoms with E-state index in [9.17, 15) is 4.79 Å². The van der Waals surface area contributed by atoms with Gasteiger partial charge in [-0.2, -0.15) is 0 Å².